The van der Waals surface area contributed by atoms with Gasteiger partial charge in [-0.2, -0.15) is 0 Å². The zero-order chi connectivity index (χ0) is 17.0. The summed E-state index contributed by atoms with van der Waals surface area (Å²) >= 11 is 3.36. The van der Waals surface area contributed by atoms with Gasteiger partial charge in [0, 0.05) is 21.4 Å². The molecule has 0 aliphatic carbocycles. The van der Waals surface area contributed by atoms with Crippen molar-refractivity contribution < 1.29 is 14.4 Å². The third-order valence-electron chi connectivity index (χ3n) is 3.16. The van der Waals surface area contributed by atoms with Gasteiger partial charge in [-0.25, -0.2) is 0 Å². The van der Waals surface area contributed by atoms with Crippen LogP contribution < -0.4 is 10.6 Å². The van der Waals surface area contributed by atoms with E-state index in [0.29, 0.717) is 16.9 Å². The zero-order valence-corrected chi connectivity index (χ0v) is 14.2. The number of benzene rings is 2. The molecule has 5 nitrogen and oxygen atoms in total. The number of amides is 2. The van der Waals surface area contributed by atoms with Crippen molar-refractivity contribution in [3.8, 4) is 0 Å². The highest BCUT2D eigenvalue weighted by molar-refractivity contribution is 9.10. The van der Waals surface area contributed by atoms with E-state index >= 15 is 0 Å². The third kappa shape index (κ3) is 4.50. The number of rotatable bonds is 3. The van der Waals surface area contributed by atoms with E-state index in [1.165, 1.54) is 13.0 Å². The van der Waals surface area contributed by atoms with Gasteiger partial charge in [-0.1, -0.05) is 34.1 Å². The normalized spacial score (nSPS) is 10.0. The number of halogens is 1. The van der Waals surface area contributed by atoms with Crippen molar-refractivity contribution in [2.75, 3.05) is 10.6 Å². The van der Waals surface area contributed by atoms with Crippen LogP contribution in [0.15, 0.2) is 46.9 Å². The summed E-state index contributed by atoms with van der Waals surface area (Å²) in [4.78, 5) is 35.2. The SMILES string of the molecule is CC(=O)c1cccc(NC(=O)C(=O)Nc2ccc(C)c(Br)c2)c1. The quantitative estimate of drug-likeness (QED) is 0.637. The molecule has 2 amide bonds. The molecule has 0 fully saturated rings. The number of aryl methyl sites for hydroxylation is 1. The topological polar surface area (TPSA) is 75.3 Å². The first kappa shape index (κ1) is 16.9. The summed E-state index contributed by atoms with van der Waals surface area (Å²) in [6.45, 7) is 3.35. The molecule has 2 rings (SSSR count). The summed E-state index contributed by atoms with van der Waals surface area (Å²) < 4.78 is 0.838. The van der Waals surface area contributed by atoms with Gasteiger partial charge in [0.25, 0.3) is 0 Å². The Kier molecular flexibility index (Phi) is 5.28. The molecule has 0 aromatic heterocycles. The number of carbonyl (C=O) groups is 3. The van der Waals surface area contributed by atoms with Crippen molar-refractivity contribution in [2.45, 2.75) is 13.8 Å². The lowest BCUT2D eigenvalue weighted by Crippen LogP contribution is -2.29. The number of hydrogen-bond acceptors (Lipinski definition) is 3. The van der Waals surface area contributed by atoms with Crippen LogP contribution in [0.4, 0.5) is 11.4 Å². The Labute approximate surface area is 142 Å². The first-order valence-corrected chi connectivity index (χ1v) is 7.65. The van der Waals surface area contributed by atoms with Gasteiger partial charge in [0.05, 0.1) is 0 Å². The molecule has 0 saturated carbocycles. The lowest BCUT2D eigenvalue weighted by molar-refractivity contribution is -0.132. The summed E-state index contributed by atoms with van der Waals surface area (Å²) in [7, 11) is 0. The average Bonchev–Trinajstić information content (AvgIpc) is 2.51. The minimum Gasteiger partial charge on any atom is -0.318 e. The van der Waals surface area contributed by atoms with Gasteiger partial charge in [0.1, 0.15) is 0 Å². The van der Waals surface area contributed by atoms with Crippen LogP contribution in [0, 0.1) is 6.92 Å². The fraction of sp³-hybridized carbons (Fsp3) is 0.118. The van der Waals surface area contributed by atoms with E-state index in [1.54, 1.807) is 30.3 Å². The summed E-state index contributed by atoms with van der Waals surface area (Å²) in [5.41, 5.74) is 2.39. The van der Waals surface area contributed by atoms with Gasteiger partial charge < -0.3 is 10.6 Å². The molecule has 0 aliphatic rings. The average molecular weight is 375 g/mol. The van der Waals surface area contributed by atoms with Crippen molar-refractivity contribution in [3.05, 3.63) is 58.1 Å². The molecular formula is C17H15BrN2O3. The monoisotopic (exact) mass is 374 g/mol. The number of carbonyl (C=O) groups excluding carboxylic acids is 3. The summed E-state index contributed by atoms with van der Waals surface area (Å²) in [6, 6.07) is 11.7. The van der Waals surface area contributed by atoms with Crippen molar-refractivity contribution in [1.29, 1.82) is 0 Å². The molecule has 0 radical (unpaired) electrons. The first-order valence-electron chi connectivity index (χ1n) is 6.86. The van der Waals surface area contributed by atoms with Gasteiger partial charge in [-0.3, -0.25) is 14.4 Å². The molecule has 23 heavy (non-hydrogen) atoms. The molecule has 0 heterocycles. The summed E-state index contributed by atoms with van der Waals surface area (Å²) in [5, 5.41) is 4.99. The number of Topliss-reactive ketones (excluding diaryl/α,β-unsaturated/α-hetero) is 1. The van der Waals surface area contributed by atoms with E-state index in [0.717, 1.165) is 10.0 Å². The first-order chi connectivity index (χ1) is 10.9. The number of anilines is 2. The second kappa shape index (κ2) is 7.19. The van der Waals surface area contributed by atoms with Gasteiger partial charge >= 0.3 is 11.8 Å². The Balaban J connectivity index is 2.05. The molecule has 0 bridgehead atoms. The van der Waals surface area contributed by atoms with Crippen LogP contribution in [0.2, 0.25) is 0 Å². The third-order valence-corrected chi connectivity index (χ3v) is 4.02. The Morgan fingerprint density at radius 2 is 1.52 bits per heavy atom. The van der Waals surface area contributed by atoms with Crippen LogP contribution in [-0.4, -0.2) is 17.6 Å². The molecule has 118 valence electrons. The fourth-order valence-electron chi connectivity index (χ4n) is 1.86. The summed E-state index contributed by atoms with van der Waals surface area (Å²) in [6.07, 6.45) is 0. The maximum absolute atomic E-state index is 11.9. The standard InChI is InChI=1S/C17H15BrN2O3/c1-10-6-7-14(9-15(10)18)20-17(23)16(22)19-13-5-3-4-12(8-13)11(2)21/h3-9H,1-2H3,(H,19,22)(H,20,23). The molecule has 0 saturated heterocycles. The molecule has 2 N–H and O–H groups in total. The van der Waals surface area contributed by atoms with Gasteiger partial charge in [-0.05, 0) is 43.7 Å². The lowest BCUT2D eigenvalue weighted by Gasteiger charge is -2.08. The van der Waals surface area contributed by atoms with Gasteiger partial charge in [-0.15, -0.1) is 0 Å². The predicted octanol–water partition coefficient (Wildman–Crippen LogP) is 3.54. The highest BCUT2D eigenvalue weighted by atomic mass is 79.9. The van der Waals surface area contributed by atoms with Crippen LogP contribution in [0.1, 0.15) is 22.8 Å². The van der Waals surface area contributed by atoms with E-state index in [1.807, 2.05) is 13.0 Å². The van der Waals surface area contributed by atoms with Crippen molar-refractivity contribution >= 4 is 44.9 Å². The molecule has 0 atom stereocenters. The van der Waals surface area contributed by atoms with E-state index in [4.69, 9.17) is 0 Å². The van der Waals surface area contributed by atoms with Crippen molar-refractivity contribution in [1.82, 2.24) is 0 Å². The minimum absolute atomic E-state index is 0.116. The fourth-order valence-corrected chi connectivity index (χ4v) is 2.24. The Morgan fingerprint density at radius 1 is 0.913 bits per heavy atom. The molecule has 0 aliphatic heterocycles. The predicted molar refractivity (Wildman–Crippen MR) is 92.6 cm³/mol. The van der Waals surface area contributed by atoms with E-state index < -0.39 is 11.8 Å². The Bertz CT molecular complexity index is 787. The molecule has 0 unspecified atom stereocenters. The number of ketones is 1. The Morgan fingerprint density at radius 3 is 2.09 bits per heavy atom. The van der Waals surface area contributed by atoms with Gasteiger partial charge in [0.2, 0.25) is 0 Å². The number of hydrogen-bond donors (Lipinski definition) is 2. The van der Waals surface area contributed by atoms with Crippen LogP contribution in [-0.2, 0) is 9.59 Å². The van der Waals surface area contributed by atoms with E-state index in [2.05, 4.69) is 26.6 Å². The zero-order valence-electron chi connectivity index (χ0n) is 12.6. The second-order valence-corrected chi connectivity index (χ2v) is 5.86. The molecular weight excluding hydrogens is 360 g/mol. The largest absolute Gasteiger partial charge is 0.318 e. The summed E-state index contributed by atoms with van der Waals surface area (Å²) in [5.74, 6) is -1.70. The smallest absolute Gasteiger partial charge is 0.314 e. The molecule has 2 aromatic rings. The highest BCUT2D eigenvalue weighted by Gasteiger charge is 2.15. The molecule has 0 spiro atoms. The van der Waals surface area contributed by atoms with E-state index in [9.17, 15) is 14.4 Å². The van der Waals surface area contributed by atoms with Crippen LogP contribution in [0.5, 0.6) is 0 Å². The number of nitrogens with one attached hydrogen (secondary N) is 2. The molecule has 2 aromatic carbocycles. The second-order valence-electron chi connectivity index (χ2n) is 5.01. The molecule has 6 heteroatoms. The lowest BCUT2D eigenvalue weighted by atomic mass is 10.1. The van der Waals surface area contributed by atoms with Gasteiger partial charge in [0.15, 0.2) is 5.78 Å². The van der Waals surface area contributed by atoms with E-state index in [-0.39, 0.29) is 5.78 Å². The van der Waals surface area contributed by atoms with Crippen molar-refractivity contribution in [3.63, 3.8) is 0 Å². The highest BCUT2D eigenvalue weighted by Crippen LogP contribution is 2.20. The van der Waals surface area contributed by atoms with Crippen LogP contribution >= 0.6 is 15.9 Å². The van der Waals surface area contributed by atoms with Crippen molar-refractivity contribution in [2.24, 2.45) is 0 Å². The maximum Gasteiger partial charge on any atom is 0.314 e. The Hall–Kier alpha value is -2.47. The van der Waals surface area contributed by atoms with Crippen LogP contribution in [0.3, 0.4) is 0 Å². The minimum atomic E-state index is -0.803. The van der Waals surface area contributed by atoms with Crippen LogP contribution in [0.25, 0.3) is 0 Å². The maximum atomic E-state index is 11.9.